The summed E-state index contributed by atoms with van der Waals surface area (Å²) < 4.78 is 1.92. The van der Waals surface area contributed by atoms with Crippen LogP contribution >= 0.6 is 11.3 Å². The van der Waals surface area contributed by atoms with Gasteiger partial charge in [-0.1, -0.05) is 18.3 Å². The van der Waals surface area contributed by atoms with E-state index in [2.05, 4.69) is 27.5 Å². The minimum Gasteiger partial charge on any atom is -0.310 e. The number of hydrogen-bond acceptors (Lipinski definition) is 5. The molecule has 1 N–H and O–H groups in total. The molecule has 1 fully saturated rings. The Morgan fingerprint density at radius 1 is 1.44 bits per heavy atom. The third-order valence-corrected chi connectivity index (χ3v) is 3.60. The predicted octanol–water partition coefficient (Wildman–Crippen LogP) is 1.56. The predicted molar refractivity (Wildman–Crippen MR) is 62.6 cm³/mol. The van der Waals surface area contributed by atoms with E-state index >= 15 is 0 Å². The lowest BCUT2D eigenvalue weighted by Crippen LogP contribution is -2.13. The average molecular weight is 237 g/mol. The van der Waals surface area contributed by atoms with Gasteiger partial charge in [-0.15, -0.1) is 10.2 Å². The van der Waals surface area contributed by atoms with Crippen LogP contribution in [0.25, 0.3) is 4.96 Å². The Balaban J connectivity index is 1.80. The van der Waals surface area contributed by atoms with Crippen molar-refractivity contribution in [2.75, 3.05) is 6.54 Å². The first-order valence-electron chi connectivity index (χ1n) is 5.80. The molecule has 0 spiro atoms. The topological polar surface area (TPSA) is 55.1 Å². The van der Waals surface area contributed by atoms with Crippen LogP contribution in [0.5, 0.6) is 0 Å². The Labute approximate surface area is 97.9 Å². The molecule has 16 heavy (non-hydrogen) atoms. The van der Waals surface area contributed by atoms with Gasteiger partial charge in [0.1, 0.15) is 5.01 Å². The molecule has 0 unspecified atom stereocenters. The number of rotatable bonds is 5. The standard InChI is InChI=1S/C10H15N5S/c1-2-5-11-6-8-14-15-9(7-3-4-7)12-13-10(15)16-8/h7,11H,2-6H2,1H3. The van der Waals surface area contributed by atoms with Crippen LogP contribution in [0, 0.1) is 0 Å². The maximum Gasteiger partial charge on any atom is 0.234 e. The van der Waals surface area contributed by atoms with E-state index in [0.29, 0.717) is 5.92 Å². The van der Waals surface area contributed by atoms with Crippen molar-refractivity contribution in [1.82, 2.24) is 25.1 Å². The Hall–Kier alpha value is -1.01. The zero-order valence-electron chi connectivity index (χ0n) is 9.31. The lowest BCUT2D eigenvalue weighted by atomic mass is 10.4. The molecule has 0 atom stereocenters. The van der Waals surface area contributed by atoms with Crippen LogP contribution in [0.2, 0.25) is 0 Å². The highest BCUT2D eigenvalue weighted by atomic mass is 32.1. The van der Waals surface area contributed by atoms with Crippen molar-refractivity contribution < 1.29 is 0 Å². The molecular weight excluding hydrogens is 222 g/mol. The molecule has 0 saturated heterocycles. The van der Waals surface area contributed by atoms with Crippen molar-refractivity contribution in [3.05, 3.63) is 10.8 Å². The number of nitrogens with one attached hydrogen (secondary N) is 1. The second kappa shape index (κ2) is 4.10. The molecule has 1 saturated carbocycles. The van der Waals surface area contributed by atoms with Crippen LogP contribution in [0.4, 0.5) is 0 Å². The van der Waals surface area contributed by atoms with Crippen LogP contribution < -0.4 is 5.32 Å². The SMILES string of the molecule is CCCNCc1nn2c(C3CC3)nnc2s1. The van der Waals surface area contributed by atoms with Crippen LogP contribution in [0.1, 0.15) is 42.9 Å². The van der Waals surface area contributed by atoms with E-state index in [1.807, 2.05) is 4.52 Å². The molecule has 0 aliphatic heterocycles. The van der Waals surface area contributed by atoms with Gasteiger partial charge >= 0.3 is 0 Å². The van der Waals surface area contributed by atoms with E-state index in [4.69, 9.17) is 0 Å². The Kier molecular flexibility index (Phi) is 2.61. The minimum absolute atomic E-state index is 0.605. The van der Waals surface area contributed by atoms with Gasteiger partial charge < -0.3 is 5.32 Å². The summed E-state index contributed by atoms with van der Waals surface area (Å²) in [6, 6.07) is 0. The maximum absolute atomic E-state index is 4.55. The zero-order valence-corrected chi connectivity index (χ0v) is 10.1. The van der Waals surface area contributed by atoms with E-state index < -0.39 is 0 Å². The third kappa shape index (κ3) is 1.82. The quantitative estimate of drug-likeness (QED) is 0.802. The van der Waals surface area contributed by atoms with Gasteiger partial charge in [0, 0.05) is 12.5 Å². The van der Waals surface area contributed by atoms with Crippen LogP contribution in [0.3, 0.4) is 0 Å². The largest absolute Gasteiger partial charge is 0.310 e. The highest BCUT2D eigenvalue weighted by Crippen LogP contribution is 2.39. The van der Waals surface area contributed by atoms with Crippen molar-refractivity contribution in [3.63, 3.8) is 0 Å². The summed E-state index contributed by atoms with van der Waals surface area (Å²) >= 11 is 1.63. The monoisotopic (exact) mass is 237 g/mol. The fourth-order valence-corrected chi connectivity index (χ4v) is 2.52. The summed E-state index contributed by atoms with van der Waals surface area (Å²) in [4.78, 5) is 0.926. The van der Waals surface area contributed by atoms with Gasteiger partial charge in [0.2, 0.25) is 4.96 Å². The highest BCUT2D eigenvalue weighted by molar-refractivity contribution is 7.16. The first kappa shape index (κ1) is 10.2. The molecule has 1 aliphatic carbocycles. The molecule has 1 aliphatic rings. The van der Waals surface area contributed by atoms with Gasteiger partial charge in [0.25, 0.3) is 0 Å². The Morgan fingerprint density at radius 3 is 3.06 bits per heavy atom. The Morgan fingerprint density at radius 2 is 2.31 bits per heavy atom. The molecule has 0 bridgehead atoms. The van der Waals surface area contributed by atoms with Gasteiger partial charge in [-0.3, -0.25) is 0 Å². The molecule has 6 heteroatoms. The normalized spacial score (nSPS) is 16.1. The number of fused-ring (bicyclic) bond motifs is 1. The van der Waals surface area contributed by atoms with E-state index in [-0.39, 0.29) is 0 Å². The first-order chi connectivity index (χ1) is 7.88. The molecule has 2 aromatic heterocycles. The fourth-order valence-electron chi connectivity index (χ4n) is 1.71. The molecule has 2 heterocycles. The second-order valence-corrected chi connectivity index (χ2v) is 5.24. The third-order valence-electron chi connectivity index (χ3n) is 2.70. The van der Waals surface area contributed by atoms with E-state index in [9.17, 15) is 0 Å². The van der Waals surface area contributed by atoms with Gasteiger partial charge in [0.15, 0.2) is 5.82 Å². The summed E-state index contributed by atoms with van der Waals surface area (Å²) in [6.45, 7) is 4.04. The summed E-state index contributed by atoms with van der Waals surface area (Å²) in [6.07, 6.45) is 3.63. The van der Waals surface area contributed by atoms with Crippen LogP contribution in [-0.2, 0) is 6.54 Å². The van der Waals surface area contributed by atoms with Crippen molar-refractivity contribution in [2.24, 2.45) is 0 Å². The van der Waals surface area contributed by atoms with Crippen LogP contribution in [-0.4, -0.2) is 26.4 Å². The van der Waals surface area contributed by atoms with Gasteiger partial charge in [-0.05, 0) is 25.8 Å². The first-order valence-corrected chi connectivity index (χ1v) is 6.62. The lowest BCUT2D eigenvalue weighted by Gasteiger charge is -1.97. The molecule has 0 amide bonds. The van der Waals surface area contributed by atoms with Crippen molar-refractivity contribution in [2.45, 2.75) is 38.6 Å². The van der Waals surface area contributed by atoms with Crippen molar-refractivity contribution >= 4 is 16.3 Å². The van der Waals surface area contributed by atoms with Gasteiger partial charge in [0.05, 0.1) is 0 Å². The van der Waals surface area contributed by atoms with E-state index in [1.165, 1.54) is 12.8 Å². The fraction of sp³-hybridized carbons (Fsp3) is 0.700. The van der Waals surface area contributed by atoms with Crippen LogP contribution in [0.15, 0.2) is 0 Å². The van der Waals surface area contributed by atoms with E-state index in [0.717, 1.165) is 35.3 Å². The number of aromatic nitrogens is 4. The molecule has 0 radical (unpaired) electrons. The summed E-state index contributed by atoms with van der Waals surface area (Å²) in [5.41, 5.74) is 0. The molecule has 0 aromatic carbocycles. The second-order valence-electron chi connectivity index (χ2n) is 4.20. The summed E-state index contributed by atoms with van der Waals surface area (Å²) in [7, 11) is 0. The average Bonchev–Trinajstić information content (AvgIpc) is 2.91. The van der Waals surface area contributed by atoms with Gasteiger partial charge in [-0.25, -0.2) is 0 Å². The Bertz CT molecular complexity index is 484. The van der Waals surface area contributed by atoms with E-state index in [1.54, 1.807) is 11.3 Å². The summed E-state index contributed by atoms with van der Waals surface area (Å²) in [5.74, 6) is 1.65. The lowest BCUT2D eigenvalue weighted by molar-refractivity contribution is 0.661. The number of hydrogen-bond donors (Lipinski definition) is 1. The highest BCUT2D eigenvalue weighted by Gasteiger charge is 2.29. The summed E-state index contributed by atoms with van der Waals surface area (Å²) in [5, 5.41) is 17.4. The number of nitrogens with zero attached hydrogens (tertiary/aromatic N) is 4. The molecule has 3 rings (SSSR count). The zero-order chi connectivity index (χ0) is 11.0. The maximum atomic E-state index is 4.55. The van der Waals surface area contributed by atoms with Crippen molar-refractivity contribution in [1.29, 1.82) is 0 Å². The van der Waals surface area contributed by atoms with Crippen molar-refractivity contribution in [3.8, 4) is 0 Å². The molecule has 5 nitrogen and oxygen atoms in total. The molecule has 2 aromatic rings. The van der Waals surface area contributed by atoms with Gasteiger partial charge in [-0.2, -0.15) is 9.61 Å². The minimum atomic E-state index is 0.605. The smallest absolute Gasteiger partial charge is 0.234 e. The molecular formula is C10H15N5S. The molecule has 86 valence electrons.